The molecule has 1 amide bonds. The van der Waals surface area contributed by atoms with Crippen molar-refractivity contribution in [2.45, 2.75) is 13.0 Å². The summed E-state index contributed by atoms with van der Waals surface area (Å²) in [4.78, 5) is 14.4. The number of fused-ring (bicyclic) bond motifs is 1. The fourth-order valence-corrected chi connectivity index (χ4v) is 2.72. The van der Waals surface area contributed by atoms with Gasteiger partial charge in [0.15, 0.2) is 0 Å². The molecule has 0 aromatic heterocycles. The molecule has 0 unspecified atom stereocenters. The zero-order chi connectivity index (χ0) is 14.8. The Balaban J connectivity index is 1.86. The van der Waals surface area contributed by atoms with Crippen molar-refractivity contribution in [3.05, 3.63) is 64.7 Å². The Morgan fingerprint density at radius 3 is 2.86 bits per heavy atom. The Labute approximate surface area is 123 Å². The van der Waals surface area contributed by atoms with Crippen molar-refractivity contribution in [3.63, 3.8) is 0 Å². The molecule has 2 N–H and O–H groups in total. The predicted octanol–water partition coefficient (Wildman–Crippen LogP) is 2.34. The lowest BCUT2D eigenvalue weighted by Crippen LogP contribution is -2.36. The molecule has 21 heavy (non-hydrogen) atoms. The molecular weight excluding hydrogens is 262 g/mol. The van der Waals surface area contributed by atoms with Crippen molar-refractivity contribution in [2.24, 2.45) is 0 Å². The van der Waals surface area contributed by atoms with E-state index in [0.717, 1.165) is 23.2 Å². The predicted molar refractivity (Wildman–Crippen MR) is 80.5 cm³/mol. The number of hydrogen-bond acceptors (Lipinski definition) is 3. The largest absolute Gasteiger partial charge is 0.398 e. The molecule has 1 heterocycles. The van der Waals surface area contributed by atoms with Crippen LogP contribution in [-0.2, 0) is 13.0 Å². The average Bonchev–Trinajstić information content (AvgIpc) is 2.54. The van der Waals surface area contributed by atoms with E-state index in [2.05, 4.69) is 6.07 Å². The van der Waals surface area contributed by atoms with Crippen molar-refractivity contribution in [1.82, 2.24) is 4.90 Å². The molecular formula is C17H15N3O. The summed E-state index contributed by atoms with van der Waals surface area (Å²) in [6, 6.07) is 14.7. The number of hydrogen-bond donors (Lipinski definition) is 1. The van der Waals surface area contributed by atoms with Crippen LogP contribution in [0.1, 0.15) is 27.0 Å². The molecule has 0 saturated heterocycles. The highest BCUT2D eigenvalue weighted by atomic mass is 16.2. The van der Waals surface area contributed by atoms with Crippen LogP contribution in [0, 0.1) is 11.3 Å². The maximum atomic E-state index is 12.5. The highest BCUT2D eigenvalue weighted by Gasteiger charge is 2.22. The number of nitrogens with two attached hydrogens (primary N) is 1. The topological polar surface area (TPSA) is 70.1 Å². The van der Waals surface area contributed by atoms with Crippen LogP contribution in [0.5, 0.6) is 0 Å². The molecule has 0 aliphatic carbocycles. The minimum absolute atomic E-state index is 0.0415. The number of anilines is 1. The number of carbonyl (C=O) groups is 1. The van der Waals surface area contributed by atoms with Crippen LogP contribution in [-0.4, -0.2) is 17.4 Å². The third kappa shape index (κ3) is 2.46. The van der Waals surface area contributed by atoms with Gasteiger partial charge in [-0.2, -0.15) is 5.26 Å². The van der Waals surface area contributed by atoms with Gasteiger partial charge >= 0.3 is 0 Å². The van der Waals surface area contributed by atoms with Gasteiger partial charge in [0, 0.05) is 24.3 Å². The molecule has 2 aromatic carbocycles. The first kappa shape index (κ1) is 13.2. The smallest absolute Gasteiger partial charge is 0.254 e. The summed E-state index contributed by atoms with van der Waals surface area (Å²) in [5, 5.41) is 8.93. The van der Waals surface area contributed by atoms with E-state index in [0.29, 0.717) is 24.2 Å². The minimum Gasteiger partial charge on any atom is -0.398 e. The molecule has 0 radical (unpaired) electrons. The molecule has 1 aliphatic rings. The van der Waals surface area contributed by atoms with Crippen molar-refractivity contribution in [3.8, 4) is 6.07 Å². The molecule has 104 valence electrons. The maximum absolute atomic E-state index is 12.5. The van der Waals surface area contributed by atoms with Crippen LogP contribution < -0.4 is 5.73 Å². The Bertz CT molecular complexity index is 746. The lowest BCUT2D eigenvalue weighted by Gasteiger charge is -2.29. The molecule has 0 bridgehead atoms. The lowest BCUT2D eigenvalue weighted by atomic mass is 9.97. The minimum atomic E-state index is -0.0415. The van der Waals surface area contributed by atoms with Crippen molar-refractivity contribution >= 4 is 11.6 Å². The second kappa shape index (κ2) is 5.29. The van der Waals surface area contributed by atoms with Crippen LogP contribution in [0.15, 0.2) is 42.5 Å². The molecule has 4 nitrogen and oxygen atoms in total. The average molecular weight is 277 g/mol. The summed E-state index contributed by atoms with van der Waals surface area (Å²) in [5.41, 5.74) is 10.1. The summed E-state index contributed by atoms with van der Waals surface area (Å²) >= 11 is 0. The second-order valence-electron chi connectivity index (χ2n) is 5.15. The van der Waals surface area contributed by atoms with Gasteiger partial charge in [-0.3, -0.25) is 4.79 Å². The van der Waals surface area contributed by atoms with Gasteiger partial charge in [0.2, 0.25) is 0 Å². The van der Waals surface area contributed by atoms with Crippen molar-refractivity contribution < 1.29 is 4.79 Å². The SMILES string of the molecule is N#Cc1cccc(C(=O)N2CCc3c(N)cccc3C2)c1. The summed E-state index contributed by atoms with van der Waals surface area (Å²) in [7, 11) is 0. The summed E-state index contributed by atoms with van der Waals surface area (Å²) in [6.07, 6.45) is 0.770. The molecule has 0 spiro atoms. The van der Waals surface area contributed by atoms with Gasteiger partial charge < -0.3 is 10.6 Å². The van der Waals surface area contributed by atoms with E-state index in [1.165, 1.54) is 0 Å². The van der Waals surface area contributed by atoms with E-state index < -0.39 is 0 Å². The Morgan fingerprint density at radius 1 is 1.24 bits per heavy atom. The maximum Gasteiger partial charge on any atom is 0.254 e. The lowest BCUT2D eigenvalue weighted by molar-refractivity contribution is 0.0735. The van der Waals surface area contributed by atoms with Crippen molar-refractivity contribution in [2.75, 3.05) is 12.3 Å². The Hall–Kier alpha value is -2.80. The first-order valence-electron chi connectivity index (χ1n) is 6.84. The summed E-state index contributed by atoms with van der Waals surface area (Å²) in [5.74, 6) is -0.0415. The summed E-state index contributed by atoms with van der Waals surface area (Å²) in [6.45, 7) is 1.22. The zero-order valence-corrected chi connectivity index (χ0v) is 11.5. The van der Waals surface area contributed by atoms with Crippen LogP contribution in [0.2, 0.25) is 0 Å². The van der Waals surface area contributed by atoms with Gasteiger partial charge in [-0.15, -0.1) is 0 Å². The monoisotopic (exact) mass is 277 g/mol. The Kier molecular flexibility index (Phi) is 3.33. The van der Waals surface area contributed by atoms with Crippen LogP contribution in [0.4, 0.5) is 5.69 Å². The number of amides is 1. The normalized spacial score (nSPS) is 13.4. The van der Waals surface area contributed by atoms with E-state index >= 15 is 0 Å². The van der Waals surface area contributed by atoms with Gasteiger partial charge in [-0.05, 0) is 41.8 Å². The van der Waals surface area contributed by atoms with Crippen LogP contribution in [0.3, 0.4) is 0 Å². The van der Waals surface area contributed by atoms with Gasteiger partial charge in [0.25, 0.3) is 5.91 Å². The number of rotatable bonds is 1. The van der Waals surface area contributed by atoms with E-state index in [9.17, 15) is 4.79 Å². The molecule has 0 fully saturated rings. The molecule has 0 atom stereocenters. The highest BCUT2D eigenvalue weighted by molar-refractivity contribution is 5.94. The van der Waals surface area contributed by atoms with Gasteiger partial charge in [0.05, 0.1) is 11.6 Å². The molecule has 2 aromatic rings. The molecule has 1 aliphatic heterocycles. The van der Waals surface area contributed by atoms with Gasteiger partial charge in [-0.1, -0.05) is 18.2 Å². The third-order valence-electron chi connectivity index (χ3n) is 3.83. The fraction of sp³-hybridized carbons (Fsp3) is 0.176. The fourth-order valence-electron chi connectivity index (χ4n) is 2.72. The van der Waals surface area contributed by atoms with Crippen LogP contribution >= 0.6 is 0 Å². The first-order valence-corrected chi connectivity index (χ1v) is 6.84. The zero-order valence-electron chi connectivity index (χ0n) is 11.5. The van der Waals surface area contributed by atoms with Crippen LogP contribution in [0.25, 0.3) is 0 Å². The van der Waals surface area contributed by atoms with Gasteiger partial charge in [-0.25, -0.2) is 0 Å². The van der Waals surface area contributed by atoms with Crippen molar-refractivity contribution in [1.29, 1.82) is 5.26 Å². The van der Waals surface area contributed by atoms with Gasteiger partial charge in [0.1, 0.15) is 0 Å². The number of nitriles is 1. The van der Waals surface area contributed by atoms with E-state index in [1.807, 2.05) is 18.2 Å². The summed E-state index contributed by atoms with van der Waals surface area (Å²) < 4.78 is 0. The third-order valence-corrected chi connectivity index (χ3v) is 3.83. The van der Waals surface area contributed by atoms with E-state index in [4.69, 9.17) is 11.0 Å². The van der Waals surface area contributed by atoms with E-state index in [-0.39, 0.29) is 5.91 Å². The standard InChI is InChI=1S/C17H15N3O/c18-10-12-3-1-4-13(9-12)17(21)20-8-7-15-14(11-20)5-2-6-16(15)19/h1-6,9H,7-8,11,19H2. The second-order valence-corrected chi connectivity index (χ2v) is 5.15. The molecule has 4 heteroatoms. The number of nitrogens with zero attached hydrogens (tertiary/aromatic N) is 2. The number of carbonyl (C=O) groups excluding carboxylic acids is 1. The quantitative estimate of drug-likeness (QED) is 0.813. The first-order chi connectivity index (χ1) is 10.2. The number of nitrogen functional groups attached to an aromatic ring is 1. The molecule has 0 saturated carbocycles. The highest BCUT2D eigenvalue weighted by Crippen LogP contribution is 2.25. The van der Waals surface area contributed by atoms with E-state index in [1.54, 1.807) is 29.2 Å². The Morgan fingerprint density at radius 2 is 2.05 bits per heavy atom. The number of benzene rings is 2. The molecule has 3 rings (SSSR count).